The van der Waals surface area contributed by atoms with Crippen LogP contribution in [0.5, 0.6) is 0 Å². The van der Waals surface area contributed by atoms with Gasteiger partial charge in [0.25, 0.3) is 0 Å². The molecule has 0 bridgehead atoms. The Kier molecular flexibility index (Phi) is 17.5. The molecule has 0 aromatic heterocycles. The molecule has 0 amide bonds. The van der Waals surface area contributed by atoms with E-state index in [1.165, 1.54) is 0 Å². The largest absolute Gasteiger partial charge is 0.500 e. The number of epoxide rings is 1. The van der Waals surface area contributed by atoms with Gasteiger partial charge in [0, 0.05) is 32.5 Å². The molecule has 0 spiro atoms. The van der Waals surface area contributed by atoms with Gasteiger partial charge >= 0.3 is 8.80 Å². The minimum atomic E-state index is -2.56. The topological polar surface area (TPSA) is 49.5 Å². The molecule has 0 saturated carbocycles. The zero-order chi connectivity index (χ0) is 18.2. The SMILES string of the molecule is CCCCO[Si](CCCCOCC1CO1)(OCCCC)OCCCC.[SiH4]. The maximum atomic E-state index is 6.25. The van der Waals surface area contributed by atoms with Gasteiger partial charge in [-0.05, 0) is 43.1 Å². The van der Waals surface area contributed by atoms with Crippen molar-refractivity contribution in [1.29, 1.82) is 0 Å². The molecule has 1 saturated heterocycles. The number of ether oxygens (including phenoxy) is 2. The minimum absolute atomic E-state index is 0. The van der Waals surface area contributed by atoms with Crippen molar-refractivity contribution in [3.05, 3.63) is 0 Å². The fourth-order valence-electron chi connectivity index (χ4n) is 2.38. The van der Waals surface area contributed by atoms with E-state index < -0.39 is 8.80 Å². The van der Waals surface area contributed by atoms with Crippen molar-refractivity contribution in [3.8, 4) is 0 Å². The molecule has 0 aliphatic carbocycles. The first kappa shape index (κ1) is 26.2. The molecular formula is C19H44O5Si2. The van der Waals surface area contributed by atoms with Crippen LogP contribution in [0.3, 0.4) is 0 Å². The van der Waals surface area contributed by atoms with E-state index in [0.717, 1.165) is 97.1 Å². The van der Waals surface area contributed by atoms with Crippen molar-refractivity contribution in [2.75, 3.05) is 39.6 Å². The van der Waals surface area contributed by atoms with Crippen LogP contribution in [-0.2, 0) is 22.8 Å². The van der Waals surface area contributed by atoms with E-state index in [0.29, 0.717) is 6.10 Å². The molecule has 1 atom stereocenters. The van der Waals surface area contributed by atoms with E-state index in [1.807, 2.05) is 0 Å². The Morgan fingerprint density at radius 3 is 1.69 bits per heavy atom. The van der Waals surface area contributed by atoms with Crippen LogP contribution in [0.15, 0.2) is 0 Å². The monoisotopic (exact) mass is 408 g/mol. The Hall–Kier alpha value is 0.234. The third kappa shape index (κ3) is 13.4. The van der Waals surface area contributed by atoms with Crippen LogP contribution < -0.4 is 0 Å². The molecule has 0 radical (unpaired) electrons. The van der Waals surface area contributed by atoms with E-state index in [2.05, 4.69) is 20.8 Å². The summed E-state index contributed by atoms with van der Waals surface area (Å²) in [5, 5.41) is 0. The molecule has 1 heterocycles. The summed E-state index contributed by atoms with van der Waals surface area (Å²) in [5.41, 5.74) is 0. The first-order chi connectivity index (χ1) is 12.3. The Morgan fingerprint density at radius 1 is 0.769 bits per heavy atom. The van der Waals surface area contributed by atoms with Gasteiger partial charge in [-0.2, -0.15) is 0 Å². The highest BCUT2D eigenvalue weighted by Crippen LogP contribution is 2.21. The summed E-state index contributed by atoms with van der Waals surface area (Å²) in [5.74, 6) is 0. The van der Waals surface area contributed by atoms with Crippen molar-refractivity contribution in [3.63, 3.8) is 0 Å². The number of rotatable bonds is 19. The second-order valence-electron chi connectivity index (χ2n) is 6.78. The summed E-state index contributed by atoms with van der Waals surface area (Å²) >= 11 is 0. The molecule has 158 valence electrons. The molecular weight excluding hydrogens is 364 g/mol. The summed E-state index contributed by atoms with van der Waals surface area (Å²) in [6.45, 7) is 11.2. The van der Waals surface area contributed by atoms with Gasteiger partial charge in [-0.25, -0.2) is 0 Å². The Bertz CT molecular complexity index is 277. The summed E-state index contributed by atoms with van der Waals surface area (Å²) < 4.78 is 29.5. The van der Waals surface area contributed by atoms with Crippen LogP contribution in [0.1, 0.15) is 72.1 Å². The van der Waals surface area contributed by atoms with Gasteiger partial charge in [-0.15, -0.1) is 0 Å². The average molecular weight is 409 g/mol. The fraction of sp³-hybridized carbons (Fsp3) is 1.00. The third-order valence-electron chi connectivity index (χ3n) is 4.19. The van der Waals surface area contributed by atoms with Crippen molar-refractivity contribution in [2.45, 2.75) is 84.3 Å². The molecule has 0 aromatic carbocycles. The normalized spacial score (nSPS) is 16.5. The fourth-order valence-corrected chi connectivity index (χ4v) is 5.11. The third-order valence-corrected chi connectivity index (χ3v) is 7.09. The van der Waals surface area contributed by atoms with Gasteiger partial charge in [0.15, 0.2) is 0 Å². The highest BCUT2D eigenvalue weighted by atomic mass is 28.4. The quantitative estimate of drug-likeness (QED) is 0.187. The molecule has 1 unspecified atom stereocenters. The Balaban J connectivity index is 0.00000625. The van der Waals surface area contributed by atoms with Crippen LogP contribution in [0.25, 0.3) is 0 Å². The van der Waals surface area contributed by atoms with Crippen LogP contribution in [0.4, 0.5) is 0 Å². The second kappa shape index (κ2) is 17.3. The highest BCUT2D eigenvalue weighted by Gasteiger charge is 2.40. The second-order valence-corrected chi connectivity index (χ2v) is 9.51. The van der Waals surface area contributed by atoms with Crippen LogP contribution in [0.2, 0.25) is 6.04 Å². The number of hydrogen-bond acceptors (Lipinski definition) is 5. The Morgan fingerprint density at radius 2 is 1.27 bits per heavy atom. The van der Waals surface area contributed by atoms with Gasteiger partial charge in [0.05, 0.1) is 13.2 Å². The van der Waals surface area contributed by atoms with E-state index in [9.17, 15) is 0 Å². The Labute approximate surface area is 166 Å². The number of unbranched alkanes of at least 4 members (excludes halogenated alkanes) is 4. The standard InChI is InChI=1S/C19H40O5Si.H4Si/c1-4-7-13-22-25(23-14-8-5-2,24-15-9-6-3)16-11-10-12-20-17-19-18-21-19;/h19H,4-18H2,1-3H3;1H4. The molecule has 1 fully saturated rings. The van der Waals surface area contributed by atoms with Crippen molar-refractivity contribution >= 4 is 19.8 Å². The zero-order valence-electron chi connectivity index (χ0n) is 16.7. The lowest BCUT2D eigenvalue weighted by Gasteiger charge is -2.30. The van der Waals surface area contributed by atoms with Crippen molar-refractivity contribution in [1.82, 2.24) is 0 Å². The lowest BCUT2D eigenvalue weighted by Crippen LogP contribution is -2.46. The molecule has 1 aliphatic heterocycles. The average Bonchev–Trinajstić information content (AvgIpc) is 3.43. The van der Waals surface area contributed by atoms with E-state index >= 15 is 0 Å². The van der Waals surface area contributed by atoms with Gasteiger partial charge in [-0.1, -0.05) is 40.0 Å². The molecule has 0 N–H and O–H groups in total. The molecule has 0 aromatic rings. The summed E-state index contributed by atoms with van der Waals surface area (Å²) in [6, 6.07) is 0.896. The van der Waals surface area contributed by atoms with Gasteiger partial charge in [0.1, 0.15) is 6.10 Å². The van der Waals surface area contributed by atoms with E-state index in [4.69, 9.17) is 22.8 Å². The maximum Gasteiger partial charge on any atom is 0.500 e. The zero-order valence-corrected chi connectivity index (χ0v) is 17.7. The van der Waals surface area contributed by atoms with Crippen LogP contribution >= 0.6 is 0 Å². The van der Waals surface area contributed by atoms with Gasteiger partial charge in [0.2, 0.25) is 0 Å². The first-order valence-corrected chi connectivity index (χ1v) is 12.3. The van der Waals surface area contributed by atoms with E-state index in [1.54, 1.807) is 0 Å². The summed E-state index contributed by atoms with van der Waals surface area (Å²) in [6.07, 6.45) is 8.98. The lowest BCUT2D eigenvalue weighted by atomic mass is 10.3. The molecule has 5 nitrogen and oxygen atoms in total. The van der Waals surface area contributed by atoms with Gasteiger partial charge < -0.3 is 22.8 Å². The summed E-state index contributed by atoms with van der Waals surface area (Å²) in [7, 11) is -2.56. The molecule has 7 heteroatoms. The lowest BCUT2D eigenvalue weighted by molar-refractivity contribution is 0.0545. The molecule has 1 rings (SSSR count). The van der Waals surface area contributed by atoms with Crippen molar-refractivity contribution < 1.29 is 22.8 Å². The van der Waals surface area contributed by atoms with E-state index in [-0.39, 0.29) is 11.0 Å². The van der Waals surface area contributed by atoms with Gasteiger partial charge in [-0.3, -0.25) is 0 Å². The maximum absolute atomic E-state index is 6.25. The van der Waals surface area contributed by atoms with Crippen LogP contribution in [-0.4, -0.2) is 65.5 Å². The van der Waals surface area contributed by atoms with Crippen molar-refractivity contribution in [2.24, 2.45) is 0 Å². The highest BCUT2D eigenvalue weighted by molar-refractivity contribution is 6.60. The smallest absolute Gasteiger partial charge is 0.379 e. The first-order valence-electron chi connectivity index (χ1n) is 10.4. The number of hydrogen-bond donors (Lipinski definition) is 0. The predicted octanol–water partition coefficient (Wildman–Crippen LogP) is 3.12. The van der Waals surface area contributed by atoms with Crippen LogP contribution in [0, 0.1) is 0 Å². The molecule has 1 aliphatic rings. The molecule has 26 heavy (non-hydrogen) atoms. The predicted molar refractivity (Wildman–Crippen MR) is 114 cm³/mol. The summed E-state index contributed by atoms with van der Waals surface area (Å²) in [4.78, 5) is 0. The minimum Gasteiger partial charge on any atom is -0.379 e.